The molecule has 8 heteroatoms. The van der Waals surface area contributed by atoms with Gasteiger partial charge in [0.25, 0.3) is 0 Å². The summed E-state index contributed by atoms with van der Waals surface area (Å²) >= 11 is 0. The van der Waals surface area contributed by atoms with Crippen molar-refractivity contribution < 1.29 is 19.0 Å². The van der Waals surface area contributed by atoms with Gasteiger partial charge < -0.3 is 19.7 Å². The van der Waals surface area contributed by atoms with Crippen LogP contribution in [0.5, 0.6) is 5.75 Å². The fraction of sp³-hybridized carbons (Fsp3) is 0.444. The normalized spacial score (nSPS) is 20.2. The Morgan fingerprint density at radius 3 is 2.85 bits per heavy atom. The number of piperazine rings is 1. The van der Waals surface area contributed by atoms with Crippen LogP contribution in [0.2, 0.25) is 0 Å². The first-order valence-corrected chi connectivity index (χ1v) is 8.66. The summed E-state index contributed by atoms with van der Waals surface area (Å²) in [4.78, 5) is 26.1. The van der Waals surface area contributed by atoms with Crippen LogP contribution in [0.25, 0.3) is 10.9 Å². The first-order valence-electron chi connectivity index (χ1n) is 8.66. The smallest absolute Gasteiger partial charge is 0.341 e. The van der Waals surface area contributed by atoms with Crippen LogP contribution in [0, 0.1) is 5.82 Å². The number of benzene rings is 1. The third-order valence-electron chi connectivity index (χ3n) is 5.08. The number of hydrogen-bond acceptors (Lipinski definition) is 5. The lowest BCUT2D eigenvalue weighted by Crippen LogP contribution is -2.43. The Hall–Kier alpha value is -2.45. The minimum absolute atomic E-state index is 0.0491. The molecule has 1 aromatic heterocycles. The second-order valence-corrected chi connectivity index (χ2v) is 6.83. The van der Waals surface area contributed by atoms with Gasteiger partial charge in [0.15, 0.2) is 5.75 Å². The quantitative estimate of drug-likeness (QED) is 0.855. The molecule has 0 bridgehead atoms. The van der Waals surface area contributed by atoms with Gasteiger partial charge in [0.2, 0.25) is 5.43 Å². The number of ether oxygens (including phenoxy) is 1. The Morgan fingerprint density at radius 2 is 2.15 bits per heavy atom. The minimum atomic E-state index is -1.31. The highest BCUT2D eigenvalue weighted by Gasteiger charge is 2.28. The summed E-state index contributed by atoms with van der Waals surface area (Å²) in [6.45, 7) is 5.85. The van der Waals surface area contributed by atoms with Gasteiger partial charge in [-0.15, -0.1) is 0 Å². The van der Waals surface area contributed by atoms with Crippen molar-refractivity contribution in [3.8, 4) is 5.75 Å². The van der Waals surface area contributed by atoms with Gasteiger partial charge in [0.05, 0.1) is 16.9 Å². The van der Waals surface area contributed by atoms with E-state index in [0.29, 0.717) is 30.0 Å². The zero-order valence-corrected chi connectivity index (χ0v) is 14.4. The summed E-state index contributed by atoms with van der Waals surface area (Å²) in [6, 6.07) is 1.00. The van der Waals surface area contributed by atoms with E-state index in [1.165, 1.54) is 6.20 Å². The van der Waals surface area contributed by atoms with Crippen LogP contribution in [-0.4, -0.2) is 53.3 Å². The topological polar surface area (TPSA) is 83.8 Å². The maximum atomic E-state index is 14.9. The molecule has 2 aliphatic heterocycles. The van der Waals surface area contributed by atoms with Gasteiger partial charge in [0, 0.05) is 44.5 Å². The van der Waals surface area contributed by atoms with Crippen molar-refractivity contribution in [1.82, 2.24) is 14.8 Å². The molecule has 0 saturated carbocycles. The summed E-state index contributed by atoms with van der Waals surface area (Å²) in [5.41, 5.74) is -0.144. The highest BCUT2D eigenvalue weighted by atomic mass is 19.1. The number of halogens is 1. The van der Waals surface area contributed by atoms with Crippen LogP contribution < -0.4 is 15.5 Å². The monoisotopic (exact) mass is 361 g/mol. The number of aromatic carboxylic acids is 1. The Bertz CT molecular complexity index is 950. The second kappa shape index (κ2) is 6.37. The summed E-state index contributed by atoms with van der Waals surface area (Å²) in [6.07, 6.45) is 1.34. The molecule has 1 atom stereocenters. The Balaban J connectivity index is 1.94. The fourth-order valence-electron chi connectivity index (χ4n) is 3.67. The Morgan fingerprint density at radius 1 is 1.42 bits per heavy atom. The molecule has 1 fully saturated rings. The molecule has 26 heavy (non-hydrogen) atoms. The number of rotatable bonds is 3. The number of nitrogens with one attached hydrogen (secondary N) is 1. The fourth-order valence-corrected chi connectivity index (χ4v) is 3.67. The maximum Gasteiger partial charge on any atom is 0.341 e. The van der Waals surface area contributed by atoms with E-state index in [1.807, 2.05) is 6.92 Å². The van der Waals surface area contributed by atoms with Crippen LogP contribution in [-0.2, 0) is 6.54 Å². The molecule has 0 unspecified atom stereocenters. The average Bonchev–Trinajstić information content (AvgIpc) is 2.62. The highest BCUT2D eigenvalue weighted by molar-refractivity contribution is 5.95. The van der Waals surface area contributed by atoms with Crippen molar-refractivity contribution in [3.63, 3.8) is 0 Å². The van der Waals surface area contributed by atoms with Crippen molar-refractivity contribution in [2.75, 3.05) is 32.8 Å². The number of carboxylic acids is 1. The van der Waals surface area contributed by atoms with Crippen molar-refractivity contribution in [1.29, 1.82) is 0 Å². The number of hydrogen-bond donors (Lipinski definition) is 2. The summed E-state index contributed by atoms with van der Waals surface area (Å²) in [5.74, 6) is -1.50. The van der Waals surface area contributed by atoms with E-state index in [1.54, 1.807) is 4.57 Å². The number of nitrogens with zero attached hydrogens (tertiary/aromatic N) is 2. The molecule has 2 aromatic rings. The Kier molecular flexibility index (Phi) is 4.16. The standard InChI is InChI=1S/C18H20FN3O4/c1-10-9-26-17-12(7-21-4-2-20-3-5-21)14(19)6-11-15(17)22(10)8-13(16(11)23)18(24)25/h6,8,10,20H,2-5,7,9H2,1H3,(H,24,25)/t10-/m0/s1. The van der Waals surface area contributed by atoms with E-state index >= 15 is 0 Å². The third kappa shape index (κ3) is 2.65. The minimum Gasteiger partial charge on any atom is -0.489 e. The van der Waals surface area contributed by atoms with Gasteiger partial charge in [0.1, 0.15) is 18.0 Å². The lowest BCUT2D eigenvalue weighted by Gasteiger charge is -2.31. The van der Waals surface area contributed by atoms with E-state index in [9.17, 15) is 19.1 Å². The number of aromatic nitrogens is 1. The molecule has 2 N–H and O–H groups in total. The van der Waals surface area contributed by atoms with Gasteiger partial charge in [-0.3, -0.25) is 9.69 Å². The lowest BCUT2D eigenvalue weighted by atomic mass is 10.0. The number of pyridine rings is 1. The molecule has 3 heterocycles. The molecule has 0 amide bonds. The molecule has 7 nitrogen and oxygen atoms in total. The van der Waals surface area contributed by atoms with Gasteiger partial charge in [-0.2, -0.15) is 0 Å². The van der Waals surface area contributed by atoms with Crippen LogP contribution in [0.4, 0.5) is 4.39 Å². The van der Waals surface area contributed by atoms with E-state index in [2.05, 4.69) is 10.2 Å². The lowest BCUT2D eigenvalue weighted by molar-refractivity contribution is 0.0694. The molecule has 0 spiro atoms. The SMILES string of the molecule is C[C@H]1COc2c(CN3CCNCC3)c(F)cc3c(=O)c(C(=O)O)cn1c23. The third-order valence-corrected chi connectivity index (χ3v) is 5.08. The number of carbonyl (C=O) groups is 1. The molecule has 138 valence electrons. The molecule has 1 aromatic carbocycles. The second-order valence-electron chi connectivity index (χ2n) is 6.83. The molecule has 2 aliphatic rings. The van der Waals surface area contributed by atoms with Gasteiger partial charge >= 0.3 is 5.97 Å². The van der Waals surface area contributed by atoms with Crippen molar-refractivity contribution in [2.24, 2.45) is 0 Å². The van der Waals surface area contributed by atoms with Crippen LogP contribution in [0.1, 0.15) is 28.9 Å². The largest absolute Gasteiger partial charge is 0.489 e. The van der Waals surface area contributed by atoms with Gasteiger partial charge in [-0.1, -0.05) is 0 Å². The molecular formula is C18H20FN3O4. The van der Waals surface area contributed by atoms with E-state index in [4.69, 9.17) is 4.74 Å². The van der Waals surface area contributed by atoms with E-state index < -0.39 is 17.2 Å². The highest BCUT2D eigenvalue weighted by Crippen LogP contribution is 2.37. The first-order chi connectivity index (χ1) is 12.5. The van der Waals surface area contributed by atoms with E-state index in [0.717, 1.165) is 32.2 Å². The first kappa shape index (κ1) is 17.0. The molecule has 1 saturated heterocycles. The van der Waals surface area contributed by atoms with Crippen molar-refractivity contribution >= 4 is 16.9 Å². The molecular weight excluding hydrogens is 341 g/mol. The molecule has 0 aliphatic carbocycles. The van der Waals surface area contributed by atoms with Crippen molar-refractivity contribution in [2.45, 2.75) is 19.5 Å². The summed E-state index contributed by atoms with van der Waals surface area (Å²) < 4.78 is 22.4. The predicted octanol–water partition coefficient (Wildman–Crippen LogP) is 1.20. The zero-order chi connectivity index (χ0) is 18.4. The molecule has 4 rings (SSSR count). The van der Waals surface area contributed by atoms with Crippen LogP contribution >= 0.6 is 0 Å². The van der Waals surface area contributed by atoms with E-state index in [-0.39, 0.29) is 17.0 Å². The van der Waals surface area contributed by atoms with Gasteiger partial charge in [-0.25, -0.2) is 9.18 Å². The van der Waals surface area contributed by atoms with Crippen molar-refractivity contribution in [3.05, 3.63) is 39.4 Å². The van der Waals surface area contributed by atoms with Crippen LogP contribution in [0.3, 0.4) is 0 Å². The van der Waals surface area contributed by atoms with Crippen LogP contribution in [0.15, 0.2) is 17.1 Å². The van der Waals surface area contributed by atoms with Gasteiger partial charge in [-0.05, 0) is 13.0 Å². The zero-order valence-electron chi connectivity index (χ0n) is 14.4. The predicted molar refractivity (Wildman–Crippen MR) is 93.5 cm³/mol. The maximum absolute atomic E-state index is 14.9. The molecule has 0 radical (unpaired) electrons. The summed E-state index contributed by atoms with van der Waals surface area (Å²) in [5, 5.41) is 12.6. The average molecular weight is 361 g/mol. The Labute approximate surface area is 149 Å². The summed E-state index contributed by atoms with van der Waals surface area (Å²) in [7, 11) is 0. The number of carboxylic acid groups (broad SMARTS) is 1.